The van der Waals surface area contributed by atoms with E-state index in [1.807, 2.05) is 12.1 Å². The van der Waals surface area contributed by atoms with Crippen LogP contribution < -0.4 is 10.6 Å². The SMILES string of the molecule is CN1CCN(c2cccc(-c3cnn4c(N)c(-c5cccc([N+](=O)[O-])c5)cnc34)c2)CC1. The number of nitrogens with zero attached hydrogens (tertiary/aromatic N) is 6. The van der Waals surface area contributed by atoms with Gasteiger partial charge in [-0.2, -0.15) is 9.61 Å². The number of nitro groups is 1. The number of benzene rings is 2. The van der Waals surface area contributed by atoms with E-state index in [1.54, 1.807) is 29.0 Å². The Hall–Kier alpha value is -3.98. The molecule has 2 aromatic heterocycles. The van der Waals surface area contributed by atoms with Gasteiger partial charge in [0.05, 0.1) is 11.1 Å². The first-order valence-electron chi connectivity index (χ1n) is 10.4. The first kappa shape index (κ1) is 20.0. The number of piperazine rings is 1. The van der Waals surface area contributed by atoms with E-state index in [2.05, 4.69) is 39.1 Å². The van der Waals surface area contributed by atoms with E-state index in [1.165, 1.54) is 17.8 Å². The molecule has 0 unspecified atom stereocenters. The van der Waals surface area contributed by atoms with Crippen molar-refractivity contribution in [3.05, 3.63) is 71.0 Å². The van der Waals surface area contributed by atoms with Crippen LogP contribution in [0.25, 0.3) is 27.9 Å². The number of nitrogen functional groups attached to an aromatic ring is 1. The Morgan fingerprint density at radius 3 is 2.44 bits per heavy atom. The van der Waals surface area contributed by atoms with E-state index >= 15 is 0 Å². The highest BCUT2D eigenvalue weighted by molar-refractivity contribution is 5.83. The molecule has 1 aliphatic heterocycles. The molecule has 2 N–H and O–H groups in total. The lowest BCUT2D eigenvalue weighted by Crippen LogP contribution is -2.44. The number of nitro benzene ring substituents is 1. The molecule has 4 aromatic rings. The van der Waals surface area contributed by atoms with Gasteiger partial charge in [0, 0.05) is 61.3 Å². The van der Waals surface area contributed by atoms with Gasteiger partial charge in [-0.1, -0.05) is 24.3 Å². The van der Waals surface area contributed by atoms with Crippen molar-refractivity contribution in [2.24, 2.45) is 0 Å². The van der Waals surface area contributed by atoms with Crippen molar-refractivity contribution in [1.29, 1.82) is 0 Å². The average molecular weight is 429 g/mol. The van der Waals surface area contributed by atoms with E-state index in [-0.39, 0.29) is 5.69 Å². The molecular weight excluding hydrogens is 406 g/mol. The zero-order valence-corrected chi connectivity index (χ0v) is 17.7. The lowest BCUT2D eigenvalue weighted by molar-refractivity contribution is -0.384. The van der Waals surface area contributed by atoms with Crippen LogP contribution in [-0.2, 0) is 0 Å². The van der Waals surface area contributed by atoms with Crippen molar-refractivity contribution in [3.63, 3.8) is 0 Å². The monoisotopic (exact) mass is 429 g/mol. The summed E-state index contributed by atoms with van der Waals surface area (Å²) in [5.41, 5.74) is 11.4. The van der Waals surface area contributed by atoms with Crippen molar-refractivity contribution in [2.45, 2.75) is 0 Å². The van der Waals surface area contributed by atoms with Gasteiger partial charge >= 0.3 is 0 Å². The molecule has 0 amide bonds. The molecule has 0 radical (unpaired) electrons. The fourth-order valence-corrected chi connectivity index (χ4v) is 4.10. The van der Waals surface area contributed by atoms with Gasteiger partial charge in [0.1, 0.15) is 5.82 Å². The summed E-state index contributed by atoms with van der Waals surface area (Å²) in [5.74, 6) is 0.386. The molecule has 9 nitrogen and oxygen atoms in total. The molecule has 2 aromatic carbocycles. The number of nitrogens with two attached hydrogens (primary N) is 1. The molecule has 5 rings (SSSR count). The van der Waals surface area contributed by atoms with Gasteiger partial charge in [0.2, 0.25) is 0 Å². The third kappa shape index (κ3) is 3.52. The predicted molar refractivity (Wildman–Crippen MR) is 125 cm³/mol. The van der Waals surface area contributed by atoms with Crippen LogP contribution in [0.15, 0.2) is 60.9 Å². The van der Waals surface area contributed by atoms with E-state index in [9.17, 15) is 10.1 Å². The maximum Gasteiger partial charge on any atom is 0.270 e. The van der Waals surface area contributed by atoms with Crippen LogP contribution in [-0.4, -0.2) is 57.6 Å². The highest BCUT2D eigenvalue weighted by Gasteiger charge is 2.18. The summed E-state index contributed by atoms with van der Waals surface area (Å²) in [4.78, 5) is 20.0. The Balaban J connectivity index is 1.52. The third-order valence-corrected chi connectivity index (χ3v) is 5.96. The summed E-state index contributed by atoms with van der Waals surface area (Å²) >= 11 is 0. The molecule has 0 spiro atoms. The van der Waals surface area contributed by atoms with Crippen molar-refractivity contribution >= 4 is 22.8 Å². The Morgan fingerprint density at radius 2 is 1.69 bits per heavy atom. The summed E-state index contributed by atoms with van der Waals surface area (Å²) in [7, 11) is 2.14. The molecule has 1 aliphatic rings. The highest BCUT2D eigenvalue weighted by Crippen LogP contribution is 2.32. The molecule has 0 saturated carbocycles. The molecule has 0 bridgehead atoms. The van der Waals surface area contributed by atoms with Crippen LogP contribution in [0.1, 0.15) is 0 Å². The largest absolute Gasteiger partial charge is 0.383 e. The molecule has 32 heavy (non-hydrogen) atoms. The minimum Gasteiger partial charge on any atom is -0.383 e. The third-order valence-electron chi connectivity index (χ3n) is 5.96. The molecule has 0 aliphatic carbocycles. The summed E-state index contributed by atoms with van der Waals surface area (Å²) in [6.07, 6.45) is 3.41. The minimum atomic E-state index is -0.426. The number of hydrogen-bond donors (Lipinski definition) is 1. The van der Waals surface area contributed by atoms with E-state index < -0.39 is 4.92 Å². The van der Waals surface area contributed by atoms with Gasteiger partial charge in [0.25, 0.3) is 5.69 Å². The summed E-state index contributed by atoms with van der Waals surface area (Å²) in [6.45, 7) is 4.07. The Morgan fingerprint density at radius 1 is 0.969 bits per heavy atom. The smallest absolute Gasteiger partial charge is 0.270 e. The Kier molecular flexibility index (Phi) is 4.95. The predicted octanol–water partition coefficient (Wildman–Crippen LogP) is 3.31. The van der Waals surface area contributed by atoms with Crippen molar-refractivity contribution in [1.82, 2.24) is 19.5 Å². The fourth-order valence-electron chi connectivity index (χ4n) is 4.10. The lowest BCUT2D eigenvalue weighted by Gasteiger charge is -2.34. The quantitative estimate of drug-likeness (QED) is 0.392. The van der Waals surface area contributed by atoms with Gasteiger partial charge in [-0.25, -0.2) is 4.98 Å². The summed E-state index contributed by atoms with van der Waals surface area (Å²) in [5, 5.41) is 15.6. The highest BCUT2D eigenvalue weighted by atomic mass is 16.6. The number of fused-ring (bicyclic) bond motifs is 1. The molecule has 0 atom stereocenters. The summed E-state index contributed by atoms with van der Waals surface area (Å²) < 4.78 is 1.59. The van der Waals surface area contributed by atoms with E-state index in [0.29, 0.717) is 22.6 Å². The summed E-state index contributed by atoms with van der Waals surface area (Å²) in [6, 6.07) is 14.7. The van der Waals surface area contributed by atoms with Crippen molar-refractivity contribution in [2.75, 3.05) is 43.9 Å². The molecule has 9 heteroatoms. The number of aromatic nitrogens is 3. The van der Waals surface area contributed by atoms with E-state index in [4.69, 9.17) is 5.73 Å². The second-order valence-electron chi connectivity index (χ2n) is 8.00. The second kappa shape index (κ2) is 7.93. The van der Waals surface area contributed by atoms with Gasteiger partial charge in [-0.3, -0.25) is 10.1 Å². The Bertz CT molecular complexity index is 1310. The number of non-ortho nitro benzene ring substituents is 1. The van der Waals surface area contributed by atoms with Gasteiger partial charge in [-0.05, 0) is 30.3 Å². The normalized spacial score (nSPS) is 14.7. The fraction of sp³-hybridized carbons (Fsp3) is 0.217. The van der Waals surface area contributed by atoms with Gasteiger partial charge < -0.3 is 15.5 Å². The van der Waals surface area contributed by atoms with Crippen LogP contribution in [0.5, 0.6) is 0 Å². The van der Waals surface area contributed by atoms with Crippen LogP contribution in [0, 0.1) is 10.1 Å². The van der Waals surface area contributed by atoms with Crippen molar-refractivity contribution < 1.29 is 4.92 Å². The van der Waals surface area contributed by atoms with Crippen LogP contribution in [0.3, 0.4) is 0 Å². The van der Waals surface area contributed by atoms with Crippen molar-refractivity contribution in [3.8, 4) is 22.3 Å². The van der Waals surface area contributed by atoms with Crippen LogP contribution >= 0.6 is 0 Å². The van der Waals surface area contributed by atoms with Crippen LogP contribution in [0.2, 0.25) is 0 Å². The zero-order chi connectivity index (χ0) is 22.2. The molecule has 1 fully saturated rings. The molecule has 162 valence electrons. The van der Waals surface area contributed by atoms with Crippen LogP contribution in [0.4, 0.5) is 17.2 Å². The van der Waals surface area contributed by atoms with Gasteiger partial charge in [0.15, 0.2) is 5.65 Å². The maximum atomic E-state index is 11.1. The average Bonchev–Trinajstić information content (AvgIpc) is 3.25. The number of anilines is 2. The topological polar surface area (TPSA) is 106 Å². The maximum absolute atomic E-state index is 11.1. The van der Waals surface area contributed by atoms with Gasteiger partial charge in [-0.15, -0.1) is 0 Å². The Labute approximate surface area is 184 Å². The molecular formula is C23H23N7O2. The number of hydrogen-bond acceptors (Lipinski definition) is 7. The minimum absolute atomic E-state index is 0.00359. The zero-order valence-electron chi connectivity index (χ0n) is 17.7. The first-order valence-corrected chi connectivity index (χ1v) is 10.4. The van der Waals surface area contributed by atoms with E-state index in [0.717, 1.165) is 37.3 Å². The molecule has 1 saturated heterocycles. The first-order chi connectivity index (χ1) is 15.5. The number of likely N-dealkylation sites (N-methyl/N-ethyl adjacent to an activating group) is 1. The molecule has 3 heterocycles. The lowest BCUT2D eigenvalue weighted by atomic mass is 10.1. The number of rotatable bonds is 4. The second-order valence-corrected chi connectivity index (χ2v) is 8.00. The standard InChI is InChI=1S/C23H23N7O2/c1-27-8-10-28(11-9-27)18-6-2-5-17(12-18)21-15-26-29-22(24)20(14-25-23(21)29)16-4-3-7-19(13-16)30(31)32/h2-7,12-15H,8-11,24H2,1H3.